The average molecular weight is 277 g/mol. The Labute approximate surface area is 117 Å². The van der Waals surface area contributed by atoms with E-state index in [0.29, 0.717) is 24.9 Å². The molecule has 0 radical (unpaired) electrons. The van der Waals surface area contributed by atoms with Gasteiger partial charge in [0.25, 0.3) is 0 Å². The van der Waals surface area contributed by atoms with Crippen LogP contribution in [0.4, 0.5) is 5.95 Å². The molecule has 0 saturated carbocycles. The summed E-state index contributed by atoms with van der Waals surface area (Å²) in [4.78, 5) is 14.8. The molecular weight excluding hydrogens is 258 g/mol. The minimum atomic E-state index is -0.0171. The van der Waals surface area contributed by atoms with Crippen LogP contribution in [0.2, 0.25) is 0 Å². The Morgan fingerprint density at radius 1 is 1.15 bits per heavy atom. The second kappa shape index (κ2) is 6.44. The van der Waals surface area contributed by atoms with Crippen molar-refractivity contribution in [3.05, 3.63) is 30.0 Å². The van der Waals surface area contributed by atoms with Gasteiger partial charge in [0, 0.05) is 25.5 Å². The summed E-state index contributed by atoms with van der Waals surface area (Å²) < 4.78 is 1.89. The fraction of sp³-hybridized carbons (Fsp3) is 0.462. The minimum absolute atomic E-state index is 0.0171. The zero-order valence-electron chi connectivity index (χ0n) is 11.7. The maximum Gasteiger partial charge on any atom is 0.227 e. The first kappa shape index (κ1) is 14.4. The second-order valence-corrected chi connectivity index (χ2v) is 4.45. The molecule has 7 heteroatoms. The van der Waals surface area contributed by atoms with Crippen molar-refractivity contribution in [1.82, 2.24) is 19.5 Å². The number of aryl methyl sites for hydroxylation is 2. The highest BCUT2D eigenvalue weighted by Crippen LogP contribution is 2.13. The molecule has 0 aliphatic rings. The molecule has 0 fully saturated rings. The molecule has 0 spiro atoms. The van der Waals surface area contributed by atoms with Crippen LogP contribution in [-0.2, 0) is 0 Å². The first-order valence-corrected chi connectivity index (χ1v) is 6.48. The van der Waals surface area contributed by atoms with Gasteiger partial charge in [0.15, 0.2) is 0 Å². The number of aliphatic hydroxyl groups is 2. The van der Waals surface area contributed by atoms with Crippen LogP contribution in [0.25, 0.3) is 5.82 Å². The van der Waals surface area contributed by atoms with Crippen molar-refractivity contribution in [2.45, 2.75) is 13.8 Å². The van der Waals surface area contributed by atoms with E-state index in [9.17, 15) is 0 Å². The number of aromatic nitrogens is 4. The van der Waals surface area contributed by atoms with E-state index in [4.69, 9.17) is 10.2 Å². The van der Waals surface area contributed by atoms with E-state index in [1.165, 1.54) is 0 Å². The number of imidazole rings is 1. The van der Waals surface area contributed by atoms with Crippen LogP contribution in [0.3, 0.4) is 0 Å². The van der Waals surface area contributed by atoms with Gasteiger partial charge in [-0.2, -0.15) is 4.98 Å². The molecule has 2 aromatic heterocycles. The van der Waals surface area contributed by atoms with E-state index in [1.54, 1.807) is 17.2 Å². The number of rotatable bonds is 6. The van der Waals surface area contributed by atoms with Crippen LogP contribution in [0.1, 0.15) is 11.5 Å². The summed E-state index contributed by atoms with van der Waals surface area (Å²) in [6.07, 6.45) is 3.57. The topological polar surface area (TPSA) is 87.3 Å². The highest BCUT2D eigenvalue weighted by atomic mass is 16.3. The maximum absolute atomic E-state index is 9.06. The normalized spacial score (nSPS) is 10.8. The molecule has 0 aliphatic carbocycles. The van der Waals surface area contributed by atoms with E-state index in [1.807, 2.05) is 24.6 Å². The summed E-state index contributed by atoms with van der Waals surface area (Å²) >= 11 is 0. The van der Waals surface area contributed by atoms with Crippen LogP contribution in [0.15, 0.2) is 18.5 Å². The van der Waals surface area contributed by atoms with Crippen LogP contribution in [-0.4, -0.2) is 56.0 Å². The fourth-order valence-corrected chi connectivity index (χ4v) is 2.03. The predicted molar refractivity (Wildman–Crippen MR) is 75.0 cm³/mol. The lowest BCUT2D eigenvalue weighted by Gasteiger charge is -2.20. The number of aliphatic hydroxyl groups excluding tert-OH is 2. The standard InChI is InChI=1S/C13H19N5O2/c1-10-9-18(11(2)15-10)12-3-4-14-13(16-12)17(5-7-19)6-8-20/h3-4,9,19-20H,5-8H2,1-2H3. The lowest BCUT2D eigenvalue weighted by Crippen LogP contribution is -2.31. The van der Waals surface area contributed by atoms with E-state index < -0.39 is 0 Å². The Bertz CT molecular complexity index is 564. The highest BCUT2D eigenvalue weighted by molar-refractivity contribution is 5.36. The summed E-state index contributed by atoms with van der Waals surface area (Å²) in [6.45, 7) is 4.56. The zero-order chi connectivity index (χ0) is 14.5. The summed E-state index contributed by atoms with van der Waals surface area (Å²) in [5.74, 6) is 2.05. The molecule has 0 atom stereocenters. The Hall–Kier alpha value is -1.99. The molecular formula is C13H19N5O2. The fourth-order valence-electron chi connectivity index (χ4n) is 2.03. The van der Waals surface area contributed by atoms with Crippen molar-refractivity contribution >= 4 is 5.95 Å². The summed E-state index contributed by atoms with van der Waals surface area (Å²) in [5, 5.41) is 18.1. The average Bonchev–Trinajstić information content (AvgIpc) is 2.78. The van der Waals surface area contributed by atoms with Crippen molar-refractivity contribution < 1.29 is 10.2 Å². The Morgan fingerprint density at radius 3 is 2.40 bits per heavy atom. The molecule has 2 aromatic rings. The van der Waals surface area contributed by atoms with Gasteiger partial charge < -0.3 is 15.1 Å². The van der Waals surface area contributed by atoms with Gasteiger partial charge in [0.05, 0.1) is 18.9 Å². The molecule has 20 heavy (non-hydrogen) atoms. The number of hydrogen-bond donors (Lipinski definition) is 2. The second-order valence-electron chi connectivity index (χ2n) is 4.45. The third-order valence-corrected chi connectivity index (χ3v) is 2.90. The quantitative estimate of drug-likeness (QED) is 0.777. The van der Waals surface area contributed by atoms with Crippen molar-refractivity contribution in [2.75, 3.05) is 31.2 Å². The molecule has 2 rings (SSSR count). The number of nitrogens with zero attached hydrogens (tertiary/aromatic N) is 5. The minimum Gasteiger partial charge on any atom is -0.395 e. The lowest BCUT2D eigenvalue weighted by molar-refractivity contribution is 0.280. The number of anilines is 1. The highest BCUT2D eigenvalue weighted by Gasteiger charge is 2.11. The van der Waals surface area contributed by atoms with Gasteiger partial charge in [-0.05, 0) is 19.9 Å². The molecule has 0 saturated heterocycles. The largest absolute Gasteiger partial charge is 0.395 e. The molecule has 0 aromatic carbocycles. The molecule has 108 valence electrons. The monoisotopic (exact) mass is 277 g/mol. The molecule has 2 N–H and O–H groups in total. The van der Waals surface area contributed by atoms with Crippen molar-refractivity contribution in [3.8, 4) is 5.82 Å². The summed E-state index contributed by atoms with van der Waals surface area (Å²) in [6, 6.07) is 1.80. The molecule has 0 unspecified atom stereocenters. The van der Waals surface area contributed by atoms with Crippen LogP contribution < -0.4 is 4.90 Å². The maximum atomic E-state index is 9.06. The van der Waals surface area contributed by atoms with Crippen molar-refractivity contribution in [2.24, 2.45) is 0 Å². The molecule has 0 amide bonds. The Balaban J connectivity index is 2.33. The van der Waals surface area contributed by atoms with E-state index in [2.05, 4.69) is 15.0 Å². The van der Waals surface area contributed by atoms with Crippen molar-refractivity contribution in [1.29, 1.82) is 0 Å². The summed E-state index contributed by atoms with van der Waals surface area (Å²) in [5.41, 5.74) is 0.922. The van der Waals surface area contributed by atoms with Crippen molar-refractivity contribution in [3.63, 3.8) is 0 Å². The van der Waals surface area contributed by atoms with Gasteiger partial charge in [-0.1, -0.05) is 0 Å². The molecule has 0 aliphatic heterocycles. The van der Waals surface area contributed by atoms with E-state index in [0.717, 1.165) is 11.5 Å². The lowest BCUT2D eigenvalue weighted by atomic mass is 10.5. The van der Waals surface area contributed by atoms with Gasteiger partial charge in [-0.3, -0.25) is 4.57 Å². The van der Waals surface area contributed by atoms with Gasteiger partial charge in [-0.15, -0.1) is 0 Å². The smallest absolute Gasteiger partial charge is 0.227 e. The Kier molecular flexibility index (Phi) is 4.65. The van der Waals surface area contributed by atoms with E-state index in [-0.39, 0.29) is 13.2 Å². The zero-order valence-corrected chi connectivity index (χ0v) is 11.7. The van der Waals surface area contributed by atoms with Crippen LogP contribution in [0.5, 0.6) is 0 Å². The first-order valence-electron chi connectivity index (χ1n) is 6.48. The van der Waals surface area contributed by atoms with Gasteiger partial charge in [0.2, 0.25) is 5.95 Å². The van der Waals surface area contributed by atoms with Crippen LogP contribution >= 0.6 is 0 Å². The van der Waals surface area contributed by atoms with Crippen LogP contribution in [0, 0.1) is 13.8 Å². The van der Waals surface area contributed by atoms with Gasteiger partial charge >= 0.3 is 0 Å². The van der Waals surface area contributed by atoms with Gasteiger partial charge in [-0.25, -0.2) is 9.97 Å². The SMILES string of the molecule is Cc1cn(-c2ccnc(N(CCO)CCO)n2)c(C)n1. The number of hydrogen-bond acceptors (Lipinski definition) is 6. The molecule has 0 bridgehead atoms. The molecule has 2 heterocycles. The molecule has 7 nitrogen and oxygen atoms in total. The van der Waals surface area contributed by atoms with Gasteiger partial charge in [0.1, 0.15) is 11.6 Å². The first-order chi connectivity index (χ1) is 9.65. The Morgan fingerprint density at radius 2 is 1.85 bits per heavy atom. The summed E-state index contributed by atoms with van der Waals surface area (Å²) in [7, 11) is 0. The van der Waals surface area contributed by atoms with E-state index >= 15 is 0 Å². The third kappa shape index (κ3) is 3.12. The third-order valence-electron chi connectivity index (χ3n) is 2.90. The predicted octanol–water partition coefficient (Wildman–Crippen LogP) is 0.0701.